The molecule has 1 saturated carbocycles. The van der Waals surface area contributed by atoms with E-state index in [1.807, 2.05) is 12.1 Å². The quantitative estimate of drug-likeness (QED) is 0.583. The summed E-state index contributed by atoms with van der Waals surface area (Å²) in [6.07, 6.45) is 3.35. The maximum Gasteiger partial charge on any atom is 0.235 e. The summed E-state index contributed by atoms with van der Waals surface area (Å²) in [4.78, 5) is 14.6. The van der Waals surface area contributed by atoms with Gasteiger partial charge in [0.25, 0.3) is 0 Å². The Morgan fingerprint density at radius 3 is 2.32 bits per heavy atom. The number of hydrogen-bond donors (Lipinski definition) is 0. The minimum atomic E-state index is -0.449. The third-order valence-electron chi connectivity index (χ3n) is 3.39. The molecular weight excluding hydrogens is 246 g/mol. The van der Waals surface area contributed by atoms with E-state index in [1.165, 1.54) is 0 Å². The van der Waals surface area contributed by atoms with E-state index >= 15 is 0 Å². The molecule has 0 heterocycles. The first kappa shape index (κ1) is 13.6. The number of isocyanates is 1. The highest BCUT2D eigenvalue weighted by atomic mass is 16.5. The predicted octanol–water partition coefficient (Wildman–Crippen LogP) is 2.18. The van der Waals surface area contributed by atoms with Crippen LogP contribution in [0.15, 0.2) is 17.1 Å². The Hall–Kier alpha value is -1.84. The van der Waals surface area contributed by atoms with Crippen molar-refractivity contribution in [1.29, 1.82) is 0 Å². The minimum Gasteiger partial charge on any atom is -0.493 e. The van der Waals surface area contributed by atoms with Gasteiger partial charge in [-0.1, -0.05) is 0 Å². The zero-order valence-corrected chi connectivity index (χ0v) is 11.4. The number of carbonyl (C=O) groups excluding carboxylic acids is 1. The van der Waals surface area contributed by atoms with Crippen molar-refractivity contribution in [2.24, 2.45) is 4.99 Å². The van der Waals surface area contributed by atoms with Crippen LogP contribution in [0.4, 0.5) is 0 Å². The summed E-state index contributed by atoms with van der Waals surface area (Å²) in [5.74, 6) is 1.27. The molecule has 1 aromatic rings. The highest BCUT2D eigenvalue weighted by Gasteiger charge is 2.46. The Labute approximate surface area is 112 Å². The fraction of sp³-hybridized carbons (Fsp3) is 0.500. The van der Waals surface area contributed by atoms with Gasteiger partial charge < -0.3 is 14.2 Å². The largest absolute Gasteiger partial charge is 0.493 e. The zero-order chi connectivity index (χ0) is 13.9. The predicted molar refractivity (Wildman–Crippen MR) is 69.3 cm³/mol. The van der Waals surface area contributed by atoms with E-state index in [-0.39, 0.29) is 0 Å². The summed E-state index contributed by atoms with van der Waals surface area (Å²) < 4.78 is 15.8. The molecule has 5 nitrogen and oxygen atoms in total. The van der Waals surface area contributed by atoms with Gasteiger partial charge in [0, 0.05) is 7.11 Å². The van der Waals surface area contributed by atoms with Crippen molar-refractivity contribution in [2.75, 3.05) is 21.3 Å². The first-order valence-corrected chi connectivity index (χ1v) is 6.04. The first-order valence-electron chi connectivity index (χ1n) is 6.04. The molecule has 5 heteroatoms. The molecule has 2 rings (SSSR count). The molecule has 1 aromatic carbocycles. The molecule has 0 atom stereocenters. The monoisotopic (exact) mass is 263 g/mol. The minimum absolute atomic E-state index is 0.436. The van der Waals surface area contributed by atoms with Crippen molar-refractivity contribution in [3.8, 4) is 11.5 Å². The van der Waals surface area contributed by atoms with Crippen LogP contribution in [-0.2, 0) is 21.7 Å². The van der Waals surface area contributed by atoms with Crippen LogP contribution in [0, 0.1) is 0 Å². The summed E-state index contributed by atoms with van der Waals surface area (Å²) in [5, 5.41) is 0. The van der Waals surface area contributed by atoms with Crippen molar-refractivity contribution < 1.29 is 19.0 Å². The maximum absolute atomic E-state index is 10.6. The van der Waals surface area contributed by atoms with Crippen molar-refractivity contribution >= 4 is 6.08 Å². The number of aliphatic imine (C=N–C) groups is 1. The van der Waals surface area contributed by atoms with Crippen molar-refractivity contribution in [1.82, 2.24) is 0 Å². The van der Waals surface area contributed by atoms with Gasteiger partial charge in [-0.3, -0.25) is 0 Å². The van der Waals surface area contributed by atoms with E-state index in [0.717, 1.165) is 24.0 Å². The van der Waals surface area contributed by atoms with Gasteiger partial charge in [-0.25, -0.2) is 4.79 Å². The second-order valence-electron chi connectivity index (χ2n) is 4.53. The number of benzene rings is 1. The number of hydrogen-bond acceptors (Lipinski definition) is 5. The maximum atomic E-state index is 10.6. The van der Waals surface area contributed by atoms with Crippen LogP contribution in [0.25, 0.3) is 0 Å². The van der Waals surface area contributed by atoms with Gasteiger partial charge >= 0.3 is 0 Å². The number of methoxy groups -OCH3 is 3. The van der Waals surface area contributed by atoms with Crippen LogP contribution < -0.4 is 9.47 Å². The normalized spacial score (nSPS) is 15.5. The third kappa shape index (κ3) is 2.48. The molecule has 0 unspecified atom stereocenters. The van der Waals surface area contributed by atoms with E-state index in [9.17, 15) is 4.79 Å². The van der Waals surface area contributed by atoms with E-state index in [0.29, 0.717) is 18.1 Å². The second kappa shape index (κ2) is 5.43. The van der Waals surface area contributed by atoms with Crippen LogP contribution in [-0.4, -0.2) is 27.4 Å². The van der Waals surface area contributed by atoms with Crippen molar-refractivity contribution in [2.45, 2.75) is 25.0 Å². The molecule has 0 spiro atoms. The second-order valence-corrected chi connectivity index (χ2v) is 4.53. The molecule has 102 valence electrons. The van der Waals surface area contributed by atoms with Gasteiger partial charge in [0.05, 0.1) is 26.4 Å². The topological polar surface area (TPSA) is 57.1 Å². The van der Waals surface area contributed by atoms with Crippen LogP contribution in [0.5, 0.6) is 11.5 Å². The summed E-state index contributed by atoms with van der Waals surface area (Å²) >= 11 is 0. The Morgan fingerprint density at radius 2 is 1.84 bits per heavy atom. The van der Waals surface area contributed by atoms with Gasteiger partial charge in [0.2, 0.25) is 6.08 Å². The Balaban J connectivity index is 2.54. The SMILES string of the molecule is COCc1cc(OC)c(OC)cc1C1(N=C=O)CC1. The summed E-state index contributed by atoms with van der Waals surface area (Å²) in [7, 11) is 4.80. The Bertz CT molecular complexity index is 516. The average molecular weight is 263 g/mol. The molecule has 0 N–H and O–H groups in total. The number of nitrogens with zero attached hydrogens (tertiary/aromatic N) is 1. The van der Waals surface area contributed by atoms with E-state index in [4.69, 9.17) is 14.2 Å². The van der Waals surface area contributed by atoms with Gasteiger partial charge in [-0.2, -0.15) is 4.99 Å². The Kier molecular flexibility index (Phi) is 3.88. The molecular formula is C14H17NO4. The lowest BCUT2D eigenvalue weighted by atomic mass is 9.98. The molecule has 19 heavy (non-hydrogen) atoms. The highest BCUT2D eigenvalue weighted by molar-refractivity contribution is 5.52. The van der Waals surface area contributed by atoms with Crippen LogP contribution in [0.2, 0.25) is 0 Å². The number of rotatable bonds is 6. The van der Waals surface area contributed by atoms with Crippen LogP contribution >= 0.6 is 0 Å². The lowest BCUT2D eigenvalue weighted by molar-refractivity contribution is 0.183. The molecule has 0 aliphatic heterocycles. The lowest BCUT2D eigenvalue weighted by Gasteiger charge is -2.18. The molecule has 1 aliphatic rings. The molecule has 0 amide bonds. The van der Waals surface area contributed by atoms with Gasteiger partial charge in [0.15, 0.2) is 11.5 Å². The van der Waals surface area contributed by atoms with E-state index in [2.05, 4.69) is 4.99 Å². The van der Waals surface area contributed by atoms with Gasteiger partial charge in [0.1, 0.15) is 0 Å². The molecule has 1 aliphatic carbocycles. The molecule has 0 bridgehead atoms. The fourth-order valence-corrected chi connectivity index (χ4v) is 2.28. The average Bonchev–Trinajstić information content (AvgIpc) is 3.19. The number of ether oxygens (including phenoxy) is 3. The summed E-state index contributed by atoms with van der Waals surface area (Å²) in [6.45, 7) is 0.436. The summed E-state index contributed by atoms with van der Waals surface area (Å²) in [5.41, 5.74) is 1.46. The van der Waals surface area contributed by atoms with Crippen molar-refractivity contribution in [3.05, 3.63) is 23.3 Å². The van der Waals surface area contributed by atoms with Crippen LogP contribution in [0.1, 0.15) is 24.0 Å². The Morgan fingerprint density at radius 1 is 1.21 bits per heavy atom. The van der Waals surface area contributed by atoms with Crippen molar-refractivity contribution in [3.63, 3.8) is 0 Å². The summed E-state index contributed by atoms with van der Waals surface area (Å²) in [6, 6.07) is 3.75. The zero-order valence-electron chi connectivity index (χ0n) is 11.4. The molecule has 0 saturated heterocycles. The molecule has 1 fully saturated rings. The van der Waals surface area contributed by atoms with Crippen LogP contribution in [0.3, 0.4) is 0 Å². The van der Waals surface area contributed by atoms with E-state index < -0.39 is 5.54 Å². The van der Waals surface area contributed by atoms with Gasteiger partial charge in [-0.05, 0) is 36.1 Å². The highest BCUT2D eigenvalue weighted by Crippen LogP contribution is 2.52. The van der Waals surface area contributed by atoms with Gasteiger partial charge in [-0.15, -0.1) is 0 Å². The van der Waals surface area contributed by atoms with E-state index in [1.54, 1.807) is 27.4 Å². The fourth-order valence-electron chi connectivity index (χ4n) is 2.28. The smallest absolute Gasteiger partial charge is 0.235 e. The third-order valence-corrected chi connectivity index (χ3v) is 3.39. The first-order chi connectivity index (χ1) is 9.20. The molecule has 0 radical (unpaired) electrons. The lowest BCUT2D eigenvalue weighted by Crippen LogP contribution is -2.09. The standard InChI is InChI=1S/C14H17NO4/c1-17-8-10-6-12(18-2)13(19-3)7-11(10)14(4-5-14)15-9-16/h6-7H,4-5,8H2,1-3H3. The molecule has 0 aromatic heterocycles.